The van der Waals surface area contributed by atoms with Crippen molar-refractivity contribution >= 4 is 33.2 Å². The van der Waals surface area contributed by atoms with Gasteiger partial charge >= 0.3 is 0 Å². The Morgan fingerprint density at radius 1 is 1.11 bits per heavy atom. The van der Waals surface area contributed by atoms with Gasteiger partial charge in [0.2, 0.25) is 15.9 Å². The van der Waals surface area contributed by atoms with Gasteiger partial charge in [-0.05, 0) is 56.5 Å². The van der Waals surface area contributed by atoms with Crippen LogP contribution in [0.15, 0.2) is 47.4 Å². The highest BCUT2D eigenvalue weighted by atomic mass is 35.5. The molecule has 0 unspecified atom stereocenters. The Morgan fingerprint density at radius 3 is 2.52 bits per heavy atom. The third-order valence-electron chi connectivity index (χ3n) is 4.84. The van der Waals surface area contributed by atoms with E-state index in [2.05, 4.69) is 5.32 Å². The quantitative estimate of drug-likeness (QED) is 0.829. The predicted octanol–water partition coefficient (Wildman–Crippen LogP) is 4.14. The average Bonchev–Trinajstić information content (AvgIpc) is 2.65. The largest absolute Gasteiger partial charge is 0.324 e. The second-order valence-corrected chi connectivity index (χ2v) is 9.22. The van der Waals surface area contributed by atoms with Crippen LogP contribution in [0.4, 0.5) is 5.69 Å². The van der Waals surface area contributed by atoms with Crippen molar-refractivity contribution in [2.75, 3.05) is 11.9 Å². The number of piperidine rings is 1. The molecule has 3 rings (SSSR count). The van der Waals surface area contributed by atoms with Crippen molar-refractivity contribution in [2.24, 2.45) is 0 Å². The highest BCUT2D eigenvalue weighted by molar-refractivity contribution is 7.89. The number of anilines is 1. The van der Waals surface area contributed by atoms with Gasteiger partial charge in [0.1, 0.15) is 6.04 Å². The maximum absolute atomic E-state index is 13.1. The number of hydrogen-bond acceptors (Lipinski definition) is 3. The monoisotopic (exact) mass is 406 g/mol. The zero-order valence-electron chi connectivity index (χ0n) is 15.4. The summed E-state index contributed by atoms with van der Waals surface area (Å²) in [7, 11) is -3.74. The van der Waals surface area contributed by atoms with E-state index in [9.17, 15) is 13.2 Å². The normalized spacial score (nSPS) is 18.3. The SMILES string of the molecule is Cc1ccc(S(=O)(=O)N2CCCC[C@H]2C(=O)Nc2cc(Cl)ccc2C)cc1. The molecule has 1 aliphatic rings. The highest BCUT2D eigenvalue weighted by Crippen LogP contribution is 2.27. The number of amides is 1. The van der Waals surface area contributed by atoms with E-state index < -0.39 is 16.1 Å². The number of halogens is 1. The molecule has 27 heavy (non-hydrogen) atoms. The van der Waals surface area contributed by atoms with Crippen molar-refractivity contribution in [2.45, 2.75) is 44.0 Å². The first-order chi connectivity index (χ1) is 12.8. The van der Waals surface area contributed by atoms with Gasteiger partial charge in [0.25, 0.3) is 0 Å². The Labute approximate surface area is 165 Å². The Morgan fingerprint density at radius 2 is 1.81 bits per heavy atom. The van der Waals surface area contributed by atoms with Crippen LogP contribution in [-0.2, 0) is 14.8 Å². The van der Waals surface area contributed by atoms with E-state index >= 15 is 0 Å². The summed E-state index contributed by atoms with van der Waals surface area (Å²) in [6, 6.07) is 11.2. The molecule has 5 nitrogen and oxygen atoms in total. The average molecular weight is 407 g/mol. The van der Waals surface area contributed by atoms with Crippen LogP contribution in [-0.4, -0.2) is 31.2 Å². The second-order valence-electron chi connectivity index (χ2n) is 6.89. The lowest BCUT2D eigenvalue weighted by Crippen LogP contribution is -2.49. The molecule has 1 N–H and O–H groups in total. The zero-order chi connectivity index (χ0) is 19.6. The Bertz CT molecular complexity index is 942. The molecule has 2 aromatic rings. The summed E-state index contributed by atoms with van der Waals surface area (Å²) in [5.74, 6) is -0.323. The zero-order valence-corrected chi connectivity index (χ0v) is 17.0. The van der Waals surface area contributed by atoms with E-state index in [0.717, 1.165) is 24.0 Å². The van der Waals surface area contributed by atoms with Crippen LogP contribution in [0, 0.1) is 13.8 Å². The number of aryl methyl sites for hydroxylation is 2. The third-order valence-corrected chi connectivity index (χ3v) is 7.00. The van der Waals surface area contributed by atoms with Gasteiger partial charge in [-0.15, -0.1) is 0 Å². The van der Waals surface area contributed by atoms with Gasteiger partial charge in [0.05, 0.1) is 4.90 Å². The molecule has 1 atom stereocenters. The molecule has 2 aromatic carbocycles. The van der Waals surface area contributed by atoms with Gasteiger partial charge in [0, 0.05) is 17.3 Å². The first kappa shape index (κ1) is 19.9. The van der Waals surface area contributed by atoms with E-state index in [1.807, 2.05) is 19.9 Å². The van der Waals surface area contributed by atoms with Crippen molar-refractivity contribution in [3.63, 3.8) is 0 Å². The topological polar surface area (TPSA) is 66.5 Å². The molecule has 0 saturated carbocycles. The second kappa shape index (κ2) is 8.00. The summed E-state index contributed by atoms with van der Waals surface area (Å²) in [5, 5.41) is 3.37. The van der Waals surface area contributed by atoms with E-state index in [0.29, 0.717) is 23.7 Å². The van der Waals surface area contributed by atoms with Crippen LogP contribution in [0.2, 0.25) is 5.02 Å². The smallest absolute Gasteiger partial charge is 0.243 e. The first-order valence-corrected chi connectivity index (χ1v) is 10.8. The first-order valence-electron chi connectivity index (χ1n) is 8.94. The number of hydrogen-bond donors (Lipinski definition) is 1. The van der Waals surface area contributed by atoms with Crippen LogP contribution in [0.25, 0.3) is 0 Å². The molecule has 1 amide bonds. The number of sulfonamides is 1. The minimum Gasteiger partial charge on any atom is -0.324 e. The molecule has 0 aliphatic carbocycles. The molecule has 0 radical (unpaired) electrons. The molecule has 144 valence electrons. The number of rotatable bonds is 4. The molecule has 7 heteroatoms. The van der Waals surface area contributed by atoms with E-state index in [4.69, 9.17) is 11.6 Å². The maximum atomic E-state index is 13.1. The number of carbonyl (C=O) groups is 1. The van der Waals surface area contributed by atoms with Gasteiger partial charge in [0.15, 0.2) is 0 Å². The summed E-state index contributed by atoms with van der Waals surface area (Å²) in [4.78, 5) is 13.1. The molecule has 1 fully saturated rings. The van der Waals surface area contributed by atoms with Crippen LogP contribution in [0.5, 0.6) is 0 Å². The van der Waals surface area contributed by atoms with Gasteiger partial charge in [-0.3, -0.25) is 4.79 Å². The van der Waals surface area contributed by atoms with E-state index in [1.54, 1.807) is 36.4 Å². The number of nitrogens with zero attached hydrogens (tertiary/aromatic N) is 1. The van der Waals surface area contributed by atoms with Gasteiger partial charge in [-0.25, -0.2) is 8.42 Å². The predicted molar refractivity (Wildman–Crippen MR) is 108 cm³/mol. The Kier molecular flexibility index (Phi) is 5.89. The molecule has 1 heterocycles. The van der Waals surface area contributed by atoms with Crippen LogP contribution in [0.3, 0.4) is 0 Å². The van der Waals surface area contributed by atoms with Crippen molar-refractivity contribution < 1.29 is 13.2 Å². The molecule has 1 aliphatic heterocycles. The van der Waals surface area contributed by atoms with E-state index in [1.165, 1.54) is 4.31 Å². The summed E-state index contributed by atoms with van der Waals surface area (Å²) in [6.45, 7) is 4.11. The van der Waals surface area contributed by atoms with Gasteiger partial charge < -0.3 is 5.32 Å². The summed E-state index contributed by atoms with van der Waals surface area (Å²) in [6.07, 6.45) is 2.05. The van der Waals surface area contributed by atoms with Crippen LogP contribution >= 0.6 is 11.6 Å². The minimum atomic E-state index is -3.74. The molecule has 0 aromatic heterocycles. The third kappa shape index (κ3) is 4.34. The summed E-state index contributed by atoms with van der Waals surface area (Å²) in [5.41, 5.74) is 2.46. The fourth-order valence-electron chi connectivity index (χ4n) is 3.25. The van der Waals surface area contributed by atoms with Gasteiger partial charge in [-0.2, -0.15) is 4.31 Å². The molecule has 0 spiro atoms. The van der Waals surface area contributed by atoms with Crippen molar-refractivity contribution in [3.8, 4) is 0 Å². The van der Waals surface area contributed by atoms with E-state index in [-0.39, 0.29) is 10.8 Å². The summed E-state index contributed by atoms with van der Waals surface area (Å²) < 4.78 is 27.6. The standard InChI is InChI=1S/C20H23ClN2O3S/c1-14-6-10-17(11-7-14)27(25,26)23-12-4-3-5-19(23)20(24)22-18-13-16(21)9-8-15(18)2/h6-11,13,19H,3-5,12H2,1-2H3,(H,22,24)/t19-/m0/s1. The Balaban J connectivity index is 1.87. The molecule has 0 bridgehead atoms. The summed E-state index contributed by atoms with van der Waals surface area (Å²) >= 11 is 6.02. The lowest BCUT2D eigenvalue weighted by Gasteiger charge is -2.33. The maximum Gasteiger partial charge on any atom is 0.243 e. The van der Waals surface area contributed by atoms with Crippen LogP contribution in [0.1, 0.15) is 30.4 Å². The fourth-order valence-corrected chi connectivity index (χ4v) is 5.07. The lowest BCUT2D eigenvalue weighted by molar-refractivity contribution is -0.120. The van der Waals surface area contributed by atoms with Gasteiger partial charge in [-0.1, -0.05) is 41.8 Å². The lowest BCUT2D eigenvalue weighted by atomic mass is 10.0. The molecule has 1 saturated heterocycles. The van der Waals surface area contributed by atoms with Crippen molar-refractivity contribution in [1.82, 2.24) is 4.31 Å². The number of nitrogens with one attached hydrogen (secondary N) is 1. The molecular formula is C20H23ClN2O3S. The van der Waals surface area contributed by atoms with Crippen molar-refractivity contribution in [1.29, 1.82) is 0 Å². The van der Waals surface area contributed by atoms with Crippen molar-refractivity contribution in [3.05, 3.63) is 58.6 Å². The fraction of sp³-hybridized carbons (Fsp3) is 0.350. The number of carbonyl (C=O) groups excluding carboxylic acids is 1. The minimum absolute atomic E-state index is 0.215. The molecular weight excluding hydrogens is 384 g/mol. The number of benzene rings is 2. The van der Waals surface area contributed by atoms with Crippen LogP contribution < -0.4 is 5.32 Å². The Hall–Kier alpha value is -1.89. The highest BCUT2D eigenvalue weighted by Gasteiger charge is 2.37.